The molecule has 4 atom stereocenters. The fraction of sp³-hybridized carbons (Fsp3) is 0.727. The van der Waals surface area contributed by atoms with Gasteiger partial charge in [0.05, 0.1) is 6.61 Å². The number of nitrogens with one attached hydrogen (secondary N) is 1. The molecule has 1 aliphatic rings. The maximum absolute atomic E-state index is 15.2. The van der Waals surface area contributed by atoms with E-state index in [0.717, 1.165) is 19.0 Å². The van der Waals surface area contributed by atoms with Gasteiger partial charge in [-0.2, -0.15) is 13.8 Å². The van der Waals surface area contributed by atoms with Crippen LogP contribution in [0, 0.1) is 11.8 Å². The number of anilines is 1. The minimum atomic E-state index is -3.87. The van der Waals surface area contributed by atoms with Gasteiger partial charge in [-0.25, -0.2) is 4.79 Å². The van der Waals surface area contributed by atoms with Gasteiger partial charge in [0.25, 0.3) is 0 Å². The van der Waals surface area contributed by atoms with Gasteiger partial charge in [0.15, 0.2) is 6.10 Å². The largest absolute Gasteiger partial charge is 0.452 e. The quantitative estimate of drug-likeness (QED) is 0.400. The number of halogens is 2. The molecule has 0 spiro atoms. The van der Waals surface area contributed by atoms with Crippen molar-refractivity contribution >= 4 is 17.7 Å². The number of aliphatic hydroxyl groups excluding tert-OH is 1. The number of carbonyl (C=O) groups is 2. The van der Waals surface area contributed by atoms with Crippen molar-refractivity contribution in [1.82, 2.24) is 9.55 Å². The first-order valence-corrected chi connectivity index (χ1v) is 11.5. The predicted molar refractivity (Wildman–Crippen MR) is 119 cm³/mol. The Hall–Kier alpha value is -2.44. The molecule has 1 aliphatic heterocycles. The molecule has 0 radical (unpaired) electrons. The molecule has 2 rings (SSSR count). The predicted octanol–water partition coefficient (Wildman–Crippen LogP) is 1.82. The first kappa shape index (κ1) is 27.8. The average Bonchev–Trinajstić information content (AvgIpc) is 3.02. The average molecular weight is 489 g/mol. The number of ether oxygens (including phenoxy) is 2. The van der Waals surface area contributed by atoms with E-state index in [2.05, 4.69) is 10.3 Å². The summed E-state index contributed by atoms with van der Waals surface area (Å²) in [6.45, 7) is 6.28. The molecule has 1 aromatic rings. The van der Waals surface area contributed by atoms with E-state index in [1.807, 2.05) is 13.8 Å². The number of amides is 1. The summed E-state index contributed by atoms with van der Waals surface area (Å²) >= 11 is 0. The normalized spacial score (nSPS) is 22.7. The second kappa shape index (κ2) is 11.8. The van der Waals surface area contributed by atoms with Crippen LogP contribution >= 0.6 is 0 Å². The highest BCUT2D eigenvalue weighted by Crippen LogP contribution is 2.44. The maximum atomic E-state index is 15.2. The number of aromatic nitrogens is 2. The van der Waals surface area contributed by atoms with Crippen LogP contribution in [0.15, 0.2) is 17.1 Å². The van der Waals surface area contributed by atoms with E-state index in [1.165, 1.54) is 6.07 Å². The van der Waals surface area contributed by atoms with Crippen molar-refractivity contribution < 1.29 is 33.0 Å². The number of nitrogens with two attached hydrogens (primary N) is 1. The number of alkyl halides is 2. The van der Waals surface area contributed by atoms with Crippen LogP contribution in [0.3, 0.4) is 0 Å². The Morgan fingerprint density at radius 2 is 1.94 bits per heavy atom. The molecular formula is C22H34F2N4O6. The molecule has 10 nitrogen and oxygen atoms in total. The second-order valence-corrected chi connectivity index (χ2v) is 8.78. The Kier molecular flexibility index (Phi) is 9.65. The zero-order chi connectivity index (χ0) is 25.6. The number of rotatable bonds is 11. The molecule has 4 N–H and O–H groups in total. The number of hydrogen-bond donors (Lipinski definition) is 3. The first-order valence-electron chi connectivity index (χ1n) is 11.5. The SMILES string of the molecule is CCCC(CCC)C(=O)Nc1ccn(C2OC(CO)C(OC(=O)[C@@H](N)C(C)C)C2(F)F)c(=O)n1. The van der Waals surface area contributed by atoms with Crippen LogP contribution < -0.4 is 16.7 Å². The highest BCUT2D eigenvalue weighted by atomic mass is 19.3. The van der Waals surface area contributed by atoms with Crippen molar-refractivity contribution in [3.8, 4) is 0 Å². The maximum Gasteiger partial charge on any atom is 0.351 e. The Morgan fingerprint density at radius 3 is 2.44 bits per heavy atom. The summed E-state index contributed by atoms with van der Waals surface area (Å²) in [6, 6.07) is 0.0565. The number of nitrogens with zero attached hydrogens (tertiary/aromatic N) is 2. The summed E-state index contributed by atoms with van der Waals surface area (Å²) in [5.74, 6) is -5.93. The van der Waals surface area contributed by atoms with Crippen LogP contribution in [0.1, 0.15) is 59.6 Å². The van der Waals surface area contributed by atoms with Gasteiger partial charge in [-0.1, -0.05) is 40.5 Å². The smallest absolute Gasteiger partial charge is 0.351 e. The highest BCUT2D eigenvalue weighted by Gasteiger charge is 2.62. The van der Waals surface area contributed by atoms with Gasteiger partial charge >= 0.3 is 17.6 Å². The molecule has 1 fully saturated rings. The zero-order valence-corrected chi connectivity index (χ0v) is 19.9. The van der Waals surface area contributed by atoms with E-state index < -0.39 is 48.7 Å². The molecule has 0 bridgehead atoms. The van der Waals surface area contributed by atoms with Gasteiger partial charge in [-0.05, 0) is 24.8 Å². The minimum absolute atomic E-state index is 0.0747. The summed E-state index contributed by atoms with van der Waals surface area (Å²) in [6.07, 6.45) is -1.97. The minimum Gasteiger partial charge on any atom is -0.452 e. The van der Waals surface area contributed by atoms with Crippen molar-refractivity contribution in [3.05, 3.63) is 22.7 Å². The van der Waals surface area contributed by atoms with Gasteiger partial charge in [0.1, 0.15) is 18.0 Å². The fourth-order valence-corrected chi connectivity index (χ4v) is 3.73. The van der Waals surface area contributed by atoms with E-state index in [0.29, 0.717) is 17.4 Å². The molecule has 12 heteroatoms. The van der Waals surface area contributed by atoms with Crippen molar-refractivity contribution in [2.75, 3.05) is 11.9 Å². The topological polar surface area (TPSA) is 146 Å². The van der Waals surface area contributed by atoms with Gasteiger partial charge in [0.2, 0.25) is 12.1 Å². The van der Waals surface area contributed by atoms with Crippen LogP contribution in [0.25, 0.3) is 0 Å². The van der Waals surface area contributed by atoms with Crippen LogP contribution in [0.4, 0.5) is 14.6 Å². The molecule has 2 heterocycles. The number of esters is 1. The summed E-state index contributed by atoms with van der Waals surface area (Å²) in [5.41, 5.74) is 4.57. The molecule has 1 amide bonds. The Labute approximate surface area is 196 Å². The standard InChI is InChI=1S/C22H34F2N4O6/c1-5-7-13(8-6-2)18(30)26-15-9-10-28(21(32)27-15)20-22(23,24)17(14(11-29)33-20)34-19(31)16(25)12(3)4/h9-10,12-14,16-17,20,29H,5-8,11,25H2,1-4H3,(H,26,27,30,32)/t14?,16-,17?,20?/m0/s1. The number of carbonyl (C=O) groups excluding carboxylic acids is 2. The second-order valence-electron chi connectivity index (χ2n) is 8.78. The van der Waals surface area contributed by atoms with Crippen molar-refractivity contribution in [1.29, 1.82) is 0 Å². The highest BCUT2D eigenvalue weighted by molar-refractivity contribution is 5.91. The van der Waals surface area contributed by atoms with Crippen molar-refractivity contribution in [2.24, 2.45) is 17.6 Å². The molecule has 1 saturated heterocycles. The summed E-state index contributed by atoms with van der Waals surface area (Å²) < 4.78 is 41.0. The molecule has 192 valence electrons. The summed E-state index contributed by atoms with van der Waals surface area (Å²) in [7, 11) is 0. The molecule has 34 heavy (non-hydrogen) atoms. The van der Waals surface area contributed by atoms with Crippen LogP contribution in [-0.4, -0.2) is 57.3 Å². The Morgan fingerprint density at radius 1 is 1.32 bits per heavy atom. The monoisotopic (exact) mass is 488 g/mol. The summed E-state index contributed by atoms with van der Waals surface area (Å²) in [5, 5.41) is 12.1. The molecule has 1 aromatic heterocycles. The van der Waals surface area contributed by atoms with E-state index in [9.17, 15) is 19.5 Å². The lowest BCUT2D eigenvalue weighted by atomic mass is 9.97. The molecule has 3 unspecified atom stereocenters. The van der Waals surface area contributed by atoms with Crippen molar-refractivity contribution in [2.45, 2.75) is 83.8 Å². The van der Waals surface area contributed by atoms with E-state index in [1.54, 1.807) is 13.8 Å². The lowest BCUT2D eigenvalue weighted by molar-refractivity contribution is -0.178. The third-order valence-electron chi connectivity index (χ3n) is 5.74. The van der Waals surface area contributed by atoms with Crippen LogP contribution in [0.5, 0.6) is 0 Å². The van der Waals surface area contributed by atoms with E-state index in [4.69, 9.17) is 15.2 Å². The van der Waals surface area contributed by atoms with Gasteiger partial charge < -0.3 is 25.6 Å². The number of aliphatic hydroxyl groups is 1. The number of hydrogen-bond acceptors (Lipinski definition) is 8. The van der Waals surface area contributed by atoms with Crippen molar-refractivity contribution in [3.63, 3.8) is 0 Å². The third-order valence-corrected chi connectivity index (χ3v) is 5.74. The van der Waals surface area contributed by atoms with Gasteiger partial charge in [-0.3, -0.25) is 14.2 Å². The molecule has 0 saturated carbocycles. The fourth-order valence-electron chi connectivity index (χ4n) is 3.73. The third kappa shape index (κ3) is 6.16. The Bertz CT molecular complexity index is 904. The zero-order valence-electron chi connectivity index (χ0n) is 19.9. The Balaban J connectivity index is 2.24. The van der Waals surface area contributed by atoms with E-state index >= 15 is 8.78 Å². The summed E-state index contributed by atoms with van der Waals surface area (Å²) in [4.78, 5) is 40.9. The molecule has 0 aromatic carbocycles. The van der Waals surface area contributed by atoms with Crippen LogP contribution in [-0.2, 0) is 19.1 Å². The molecular weight excluding hydrogens is 454 g/mol. The lowest BCUT2D eigenvalue weighted by Gasteiger charge is -2.25. The first-order chi connectivity index (χ1) is 16.0. The lowest BCUT2D eigenvalue weighted by Crippen LogP contribution is -2.48. The van der Waals surface area contributed by atoms with Gasteiger partial charge in [0, 0.05) is 12.1 Å². The molecule has 0 aliphatic carbocycles. The van der Waals surface area contributed by atoms with E-state index in [-0.39, 0.29) is 23.6 Å². The van der Waals surface area contributed by atoms with Crippen LogP contribution in [0.2, 0.25) is 0 Å². The van der Waals surface area contributed by atoms with Gasteiger partial charge in [-0.15, -0.1) is 0 Å².